The summed E-state index contributed by atoms with van der Waals surface area (Å²) >= 11 is 9.45. The van der Waals surface area contributed by atoms with Gasteiger partial charge in [-0.25, -0.2) is 0 Å². The Morgan fingerprint density at radius 2 is 2.15 bits per heavy atom. The minimum Gasteiger partial charge on any atom is -0.378 e. The number of benzene rings is 1. The highest BCUT2D eigenvalue weighted by molar-refractivity contribution is 9.10. The molecule has 1 amide bonds. The van der Waals surface area contributed by atoms with Crippen LogP contribution in [-0.4, -0.2) is 17.9 Å². The molecule has 2 aromatic rings. The average molecular weight is 355 g/mol. The van der Waals surface area contributed by atoms with E-state index in [9.17, 15) is 4.79 Å². The molecule has 0 saturated carbocycles. The number of aromatic nitrogens is 1. The number of rotatable bonds is 4. The summed E-state index contributed by atoms with van der Waals surface area (Å²) in [6, 6.07) is 8.94. The van der Waals surface area contributed by atoms with Gasteiger partial charge in [0.15, 0.2) is 0 Å². The number of halogens is 2. The highest BCUT2D eigenvalue weighted by atomic mass is 79.9. The molecule has 4 nitrogen and oxygen atoms in total. The third-order valence-electron chi connectivity index (χ3n) is 2.70. The first-order valence-electron chi connectivity index (χ1n) is 5.96. The number of pyridine rings is 1. The summed E-state index contributed by atoms with van der Waals surface area (Å²) in [6.07, 6.45) is 1.74. The summed E-state index contributed by atoms with van der Waals surface area (Å²) in [5.74, 6) is -0.147. The fraction of sp³-hybridized carbons (Fsp3) is 0.143. The van der Waals surface area contributed by atoms with Gasteiger partial charge in [0, 0.05) is 23.3 Å². The van der Waals surface area contributed by atoms with Crippen LogP contribution < -0.4 is 10.6 Å². The van der Waals surface area contributed by atoms with Gasteiger partial charge in [0.2, 0.25) is 0 Å². The Labute approximate surface area is 130 Å². The van der Waals surface area contributed by atoms with E-state index in [-0.39, 0.29) is 5.91 Å². The molecule has 104 valence electrons. The number of hydrogen-bond donors (Lipinski definition) is 2. The Morgan fingerprint density at radius 1 is 1.35 bits per heavy atom. The molecule has 2 rings (SSSR count). The van der Waals surface area contributed by atoms with Crippen LogP contribution in [0.25, 0.3) is 0 Å². The number of nitrogens with zero attached hydrogens (tertiary/aromatic N) is 1. The maximum Gasteiger partial charge on any atom is 0.251 e. The number of hydrogen-bond acceptors (Lipinski definition) is 3. The van der Waals surface area contributed by atoms with Crippen LogP contribution in [0.3, 0.4) is 0 Å². The summed E-state index contributed by atoms with van der Waals surface area (Å²) in [5, 5.41) is 6.32. The van der Waals surface area contributed by atoms with Crippen molar-refractivity contribution in [2.75, 3.05) is 12.4 Å². The van der Waals surface area contributed by atoms with Crippen molar-refractivity contribution in [1.82, 2.24) is 10.3 Å². The SMILES string of the molecule is CNC(=O)c1ccc(Cl)c(NCc2ccc(Br)cn2)c1. The molecule has 0 bridgehead atoms. The molecule has 2 N–H and O–H groups in total. The van der Waals surface area contributed by atoms with Crippen molar-refractivity contribution in [2.24, 2.45) is 0 Å². The molecule has 1 aromatic heterocycles. The molecule has 6 heteroatoms. The van der Waals surface area contributed by atoms with Gasteiger partial charge in [0.05, 0.1) is 22.9 Å². The van der Waals surface area contributed by atoms with Crippen LogP contribution >= 0.6 is 27.5 Å². The Bertz CT molecular complexity index is 616. The van der Waals surface area contributed by atoms with E-state index in [4.69, 9.17) is 11.6 Å². The first-order chi connectivity index (χ1) is 9.60. The summed E-state index contributed by atoms with van der Waals surface area (Å²) in [5.41, 5.74) is 2.15. The number of nitrogens with one attached hydrogen (secondary N) is 2. The van der Waals surface area contributed by atoms with Crippen molar-refractivity contribution >= 4 is 39.1 Å². The Morgan fingerprint density at radius 3 is 2.80 bits per heavy atom. The smallest absolute Gasteiger partial charge is 0.251 e. The number of anilines is 1. The average Bonchev–Trinajstić information content (AvgIpc) is 2.47. The zero-order valence-corrected chi connectivity index (χ0v) is 13.1. The van der Waals surface area contributed by atoms with E-state index in [1.54, 1.807) is 31.4 Å². The zero-order valence-electron chi connectivity index (χ0n) is 10.8. The van der Waals surface area contributed by atoms with Gasteiger partial charge in [-0.05, 0) is 46.3 Å². The van der Waals surface area contributed by atoms with E-state index in [2.05, 4.69) is 31.5 Å². The Balaban J connectivity index is 2.12. The highest BCUT2D eigenvalue weighted by Crippen LogP contribution is 2.23. The van der Waals surface area contributed by atoms with Crippen molar-refractivity contribution in [3.05, 3.63) is 57.3 Å². The molecule has 0 fully saturated rings. The zero-order chi connectivity index (χ0) is 14.5. The van der Waals surface area contributed by atoms with Gasteiger partial charge in [0.25, 0.3) is 5.91 Å². The monoisotopic (exact) mass is 353 g/mol. The summed E-state index contributed by atoms with van der Waals surface area (Å²) in [4.78, 5) is 15.9. The molecule has 0 atom stereocenters. The van der Waals surface area contributed by atoms with E-state index < -0.39 is 0 Å². The van der Waals surface area contributed by atoms with Crippen LogP contribution in [0.4, 0.5) is 5.69 Å². The van der Waals surface area contributed by atoms with Crippen molar-refractivity contribution < 1.29 is 4.79 Å². The maximum atomic E-state index is 11.6. The lowest BCUT2D eigenvalue weighted by Crippen LogP contribution is -2.17. The molecule has 0 spiro atoms. The molecule has 1 heterocycles. The van der Waals surface area contributed by atoms with Gasteiger partial charge in [-0.3, -0.25) is 9.78 Å². The maximum absolute atomic E-state index is 11.6. The molecule has 0 aliphatic heterocycles. The third kappa shape index (κ3) is 3.71. The third-order valence-corrected chi connectivity index (χ3v) is 3.50. The number of carbonyl (C=O) groups is 1. The van der Waals surface area contributed by atoms with Crippen LogP contribution in [-0.2, 0) is 6.54 Å². The van der Waals surface area contributed by atoms with Gasteiger partial charge >= 0.3 is 0 Å². The number of carbonyl (C=O) groups excluding carboxylic acids is 1. The van der Waals surface area contributed by atoms with E-state index in [1.807, 2.05) is 12.1 Å². The van der Waals surface area contributed by atoms with Gasteiger partial charge in [-0.1, -0.05) is 11.6 Å². The summed E-state index contributed by atoms with van der Waals surface area (Å²) < 4.78 is 0.931. The lowest BCUT2D eigenvalue weighted by molar-refractivity contribution is 0.0963. The minimum absolute atomic E-state index is 0.147. The van der Waals surface area contributed by atoms with Gasteiger partial charge in [0.1, 0.15) is 0 Å². The fourth-order valence-electron chi connectivity index (χ4n) is 1.64. The second kappa shape index (κ2) is 6.72. The Kier molecular flexibility index (Phi) is 4.98. The molecule has 0 aliphatic rings. The molecule has 0 radical (unpaired) electrons. The quantitative estimate of drug-likeness (QED) is 0.884. The summed E-state index contributed by atoms with van der Waals surface area (Å²) in [7, 11) is 1.59. The predicted octanol–water partition coefficient (Wildman–Crippen LogP) is 3.47. The molecular weight excluding hydrogens is 342 g/mol. The fourth-order valence-corrected chi connectivity index (χ4v) is 2.06. The van der Waals surface area contributed by atoms with Gasteiger partial charge in [-0.15, -0.1) is 0 Å². The molecule has 0 unspecified atom stereocenters. The predicted molar refractivity (Wildman–Crippen MR) is 84.1 cm³/mol. The number of amides is 1. The van der Waals surface area contributed by atoms with Crippen LogP contribution in [0.5, 0.6) is 0 Å². The molecular formula is C14H13BrClN3O. The normalized spacial score (nSPS) is 10.2. The lowest BCUT2D eigenvalue weighted by atomic mass is 10.2. The van der Waals surface area contributed by atoms with Crippen LogP contribution in [0.1, 0.15) is 16.1 Å². The van der Waals surface area contributed by atoms with E-state index >= 15 is 0 Å². The molecule has 1 aromatic carbocycles. The van der Waals surface area contributed by atoms with Gasteiger partial charge < -0.3 is 10.6 Å². The van der Waals surface area contributed by atoms with Crippen LogP contribution in [0, 0.1) is 0 Å². The van der Waals surface area contributed by atoms with Crippen LogP contribution in [0.2, 0.25) is 5.02 Å². The minimum atomic E-state index is -0.147. The molecule has 0 saturated heterocycles. The van der Waals surface area contributed by atoms with Crippen molar-refractivity contribution in [3.8, 4) is 0 Å². The second-order valence-corrected chi connectivity index (χ2v) is 5.42. The first kappa shape index (κ1) is 14.8. The van der Waals surface area contributed by atoms with Crippen molar-refractivity contribution in [3.63, 3.8) is 0 Å². The van der Waals surface area contributed by atoms with E-state index in [0.717, 1.165) is 10.2 Å². The van der Waals surface area contributed by atoms with E-state index in [1.165, 1.54) is 0 Å². The Hall–Kier alpha value is -1.59. The standard InChI is InChI=1S/C14H13BrClN3O/c1-17-14(20)9-2-5-12(16)13(6-9)19-8-11-4-3-10(15)7-18-11/h2-7,19H,8H2,1H3,(H,17,20). The van der Waals surface area contributed by atoms with Crippen molar-refractivity contribution in [2.45, 2.75) is 6.54 Å². The first-order valence-corrected chi connectivity index (χ1v) is 7.13. The lowest BCUT2D eigenvalue weighted by Gasteiger charge is -2.10. The molecule has 20 heavy (non-hydrogen) atoms. The van der Waals surface area contributed by atoms with Gasteiger partial charge in [-0.2, -0.15) is 0 Å². The van der Waals surface area contributed by atoms with E-state index in [0.29, 0.717) is 22.8 Å². The van der Waals surface area contributed by atoms with Crippen molar-refractivity contribution in [1.29, 1.82) is 0 Å². The topological polar surface area (TPSA) is 54.0 Å². The van der Waals surface area contributed by atoms with Crippen LogP contribution in [0.15, 0.2) is 41.0 Å². The highest BCUT2D eigenvalue weighted by Gasteiger charge is 2.07. The summed E-state index contributed by atoms with van der Waals surface area (Å²) in [6.45, 7) is 0.532. The molecule has 0 aliphatic carbocycles. The second-order valence-electron chi connectivity index (χ2n) is 4.10. The largest absolute Gasteiger partial charge is 0.378 e.